The number of rotatable bonds is 4. The van der Waals surface area contributed by atoms with E-state index in [1.54, 1.807) is 18.1 Å². The highest BCUT2D eigenvalue weighted by molar-refractivity contribution is 7.98. The first-order valence-electron chi connectivity index (χ1n) is 5.83. The Bertz CT molecular complexity index is 662. The van der Waals surface area contributed by atoms with Gasteiger partial charge in [-0.3, -0.25) is 4.57 Å². The number of benzene rings is 1. The maximum Gasteiger partial charge on any atom is 0.196 e. The van der Waals surface area contributed by atoms with Gasteiger partial charge in [-0.05, 0) is 19.1 Å². The Morgan fingerprint density at radius 2 is 2.11 bits per heavy atom. The Hall–Kier alpha value is -2.08. The minimum absolute atomic E-state index is 0.687. The first-order chi connectivity index (χ1) is 9.33. The van der Waals surface area contributed by atoms with Gasteiger partial charge in [0, 0.05) is 11.8 Å². The van der Waals surface area contributed by atoms with Crippen molar-refractivity contribution in [3.63, 3.8) is 0 Å². The predicted molar refractivity (Wildman–Crippen MR) is 72.2 cm³/mol. The number of hydrogen-bond donors (Lipinski definition) is 0. The summed E-state index contributed by atoms with van der Waals surface area (Å²) in [5.41, 5.74) is 1.93. The fourth-order valence-electron chi connectivity index (χ4n) is 1.71. The van der Waals surface area contributed by atoms with Gasteiger partial charge in [-0.2, -0.15) is 0 Å². The van der Waals surface area contributed by atoms with E-state index in [2.05, 4.69) is 15.4 Å². The van der Waals surface area contributed by atoms with Crippen LogP contribution in [0, 0.1) is 6.92 Å². The second-order valence-electron chi connectivity index (χ2n) is 4.04. The molecule has 2 heterocycles. The van der Waals surface area contributed by atoms with Gasteiger partial charge in [0.2, 0.25) is 0 Å². The summed E-state index contributed by atoms with van der Waals surface area (Å²) in [6, 6.07) is 11.9. The minimum atomic E-state index is 0.687. The van der Waals surface area contributed by atoms with Crippen molar-refractivity contribution >= 4 is 11.8 Å². The van der Waals surface area contributed by atoms with Crippen LogP contribution in [0.15, 0.2) is 52.4 Å². The Morgan fingerprint density at radius 3 is 2.84 bits per heavy atom. The molecular weight excluding hydrogens is 260 g/mol. The van der Waals surface area contributed by atoms with E-state index in [0.29, 0.717) is 5.75 Å². The molecule has 0 spiro atoms. The third kappa shape index (κ3) is 2.68. The fraction of sp³-hybridized carbons (Fsp3) is 0.154. The number of aromatic nitrogens is 4. The lowest BCUT2D eigenvalue weighted by Gasteiger charge is -2.04. The van der Waals surface area contributed by atoms with Crippen LogP contribution in [0.4, 0.5) is 0 Å². The fourth-order valence-corrected chi connectivity index (χ4v) is 2.51. The number of thioether (sulfide) groups is 1. The maximum atomic E-state index is 5.18. The lowest BCUT2D eigenvalue weighted by Crippen LogP contribution is -1.94. The molecule has 5 nitrogen and oxygen atoms in total. The van der Waals surface area contributed by atoms with E-state index in [-0.39, 0.29) is 0 Å². The summed E-state index contributed by atoms with van der Waals surface area (Å²) in [5, 5.41) is 12.8. The molecule has 0 fully saturated rings. The van der Waals surface area contributed by atoms with Crippen molar-refractivity contribution in [2.75, 3.05) is 0 Å². The smallest absolute Gasteiger partial charge is 0.196 e. The summed E-state index contributed by atoms with van der Waals surface area (Å²) >= 11 is 1.57. The molecule has 6 heteroatoms. The average molecular weight is 272 g/mol. The van der Waals surface area contributed by atoms with Crippen molar-refractivity contribution in [2.24, 2.45) is 0 Å². The Balaban J connectivity index is 1.77. The molecule has 0 atom stereocenters. The molecule has 19 heavy (non-hydrogen) atoms. The molecule has 0 amide bonds. The summed E-state index contributed by atoms with van der Waals surface area (Å²) in [6.07, 6.45) is 1.71. The van der Waals surface area contributed by atoms with Crippen molar-refractivity contribution < 1.29 is 4.52 Å². The number of para-hydroxylation sites is 1. The van der Waals surface area contributed by atoms with Gasteiger partial charge in [-0.1, -0.05) is 35.1 Å². The summed E-state index contributed by atoms with van der Waals surface area (Å²) in [7, 11) is 0. The van der Waals surface area contributed by atoms with Gasteiger partial charge < -0.3 is 4.52 Å². The highest BCUT2D eigenvalue weighted by atomic mass is 32.2. The van der Waals surface area contributed by atoms with E-state index < -0.39 is 0 Å². The molecule has 0 aliphatic rings. The highest BCUT2D eigenvalue weighted by Crippen LogP contribution is 2.23. The predicted octanol–water partition coefficient (Wildman–Crippen LogP) is 2.86. The first kappa shape index (κ1) is 12.0. The molecule has 1 aromatic carbocycles. The molecule has 0 unspecified atom stereocenters. The zero-order valence-corrected chi connectivity index (χ0v) is 11.2. The zero-order chi connectivity index (χ0) is 13.1. The lowest BCUT2D eigenvalue weighted by atomic mass is 10.3. The second kappa shape index (κ2) is 5.27. The molecule has 0 radical (unpaired) electrons. The van der Waals surface area contributed by atoms with Crippen LogP contribution in [0.3, 0.4) is 0 Å². The van der Waals surface area contributed by atoms with Gasteiger partial charge in [-0.25, -0.2) is 0 Å². The molecule has 3 rings (SSSR count). The van der Waals surface area contributed by atoms with Crippen molar-refractivity contribution in [1.82, 2.24) is 19.9 Å². The van der Waals surface area contributed by atoms with Gasteiger partial charge >= 0.3 is 0 Å². The molecule has 96 valence electrons. The van der Waals surface area contributed by atoms with Crippen LogP contribution in [0.25, 0.3) is 5.69 Å². The Labute approximate surface area is 114 Å². The highest BCUT2D eigenvalue weighted by Gasteiger charge is 2.09. The molecule has 0 saturated heterocycles. The van der Waals surface area contributed by atoms with Gasteiger partial charge in [-0.15, -0.1) is 10.2 Å². The third-order valence-electron chi connectivity index (χ3n) is 2.57. The summed E-state index contributed by atoms with van der Waals surface area (Å²) in [5.74, 6) is 1.52. The summed E-state index contributed by atoms with van der Waals surface area (Å²) in [6.45, 7) is 1.91. The van der Waals surface area contributed by atoms with E-state index in [1.165, 1.54) is 0 Å². The van der Waals surface area contributed by atoms with Gasteiger partial charge in [0.1, 0.15) is 12.1 Å². The first-order valence-corrected chi connectivity index (χ1v) is 6.82. The van der Waals surface area contributed by atoms with Crippen molar-refractivity contribution in [3.05, 3.63) is 54.2 Å². The van der Waals surface area contributed by atoms with Crippen LogP contribution < -0.4 is 0 Å². The van der Waals surface area contributed by atoms with Crippen LogP contribution in [0.2, 0.25) is 0 Å². The quantitative estimate of drug-likeness (QED) is 0.683. The van der Waals surface area contributed by atoms with Crippen LogP contribution in [0.5, 0.6) is 0 Å². The molecule has 3 aromatic rings. The van der Waals surface area contributed by atoms with Gasteiger partial charge in [0.25, 0.3) is 0 Å². The second-order valence-corrected chi connectivity index (χ2v) is 4.98. The van der Waals surface area contributed by atoms with E-state index in [9.17, 15) is 0 Å². The van der Waals surface area contributed by atoms with Crippen LogP contribution in [-0.2, 0) is 5.75 Å². The van der Waals surface area contributed by atoms with Gasteiger partial charge in [0.05, 0.1) is 11.4 Å². The summed E-state index contributed by atoms with van der Waals surface area (Å²) in [4.78, 5) is 0. The van der Waals surface area contributed by atoms with E-state index >= 15 is 0 Å². The van der Waals surface area contributed by atoms with Crippen molar-refractivity contribution in [1.29, 1.82) is 0 Å². The summed E-state index contributed by atoms with van der Waals surface area (Å²) < 4.78 is 7.13. The van der Waals surface area contributed by atoms with Crippen LogP contribution in [0.1, 0.15) is 11.5 Å². The maximum absolute atomic E-state index is 5.18. The van der Waals surface area contributed by atoms with E-state index in [1.807, 2.05) is 47.9 Å². The third-order valence-corrected chi connectivity index (χ3v) is 3.54. The molecular formula is C13H12N4OS. The monoisotopic (exact) mass is 272 g/mol. The molecule has 0 bridgehead atoms. The lowest BCUT2D eigenvalue weighted by molar-refractivity contribution is 0.391. The molecule has 0 aliphatic heterocycles. The zero-order valence-electron chi connectivity index (χ0n) is 10.4. The minimum Gasteiger partial charge on any atom is -0.360 e. The topological polar surface area (TPSA) is 56.7 Å². The van der Waals surface area contributed by atoms with Crippen molar-refractivity contribution in [2.45, 2.75) is 17.8 Å². The molecule has 0 N–H and O–H groups in total. The standard InChI is InChI=1S/C13H12N4OS/c1-10-7-12(18-16-10)8-19-13-15-14-9-17(13)11-5-3-2-4-6-11/h2-7,9H,8H2,1H3. The normalized spacial score (nSPS) is 10.8. The van der Waals surface area contributed by atoms with E-state index in [0.717, 1.165) is 22.3 Å². The van der Waals surface area contributed by atoms with Crippen LogP contribution in [-0.4, -0.2) is 19.9 Å². The molecule has 0 saturated carbocycles. The molecule has 2 aromatic heterocycles. The number of hydrogen-bond acceptors (Lipinski definition) is 5. The van der Waals surface area contributed by atoms with E-state index in [4.69, 9.17) is 4.52 Å². The van der Waals surface area contributed by atoms with Gasteiger partial charge in [0.15, 0.2) is 5.16 Å². The largest absolute Gasteiger partial charge is 0.360 e. The molecule has 0 aliphatic carbocycles. The number of nitrogens with zero attached hydrogens (tertiary/aromatic N) is 4. The SMILES string of the molecule is Cc1cc(CSc2nncn2-c2ccccc2)on1. The Morgan fingerprint density at radius 1 is 1.26 bits per heavy atom. The van der Waals surface area contributed by atoms with Crippen molar-refractivity contribution in [3.8, 4) is 5.69 Å². The average Bonchev–Trinajstić information content (AvgIpc) is 3.06. The van der Waals surface area contributed by atoms with Crippen LogP contribution >= 0.6 is 11.8 Å². The number of aryl methyl sites for hydroxylation is 1. The Kier molecular flexibility index (Phi) is 3.33.